The summed E-state index contributed by atoms with van der Waals surface area (Å²) in [5, 5.41) is 10.9. The van der Waals surface area contributed by atoms with E-state index in [-0.39, 0.29) is 43.0 Å². The Labute approximate surface area is 185 Å². The number of hydrogen-bond acceptors (Lipinski definition) is 7. The van der Waals surface area contributed by atoms with Gasteiger partial charge in [0.05, 0.1) is 28.6 Å². The highest BCUT2D eigenvalue weighted by atomic mass is 32.2. The second-order valence-electron chi connectivity index (χ2n) is 7.62. The number of fused-ring (bicyclic) bond motifs is 1. The number of likely N-dealkylation sites (tertiary alicyclic amines) is 1. The number of nitrogens with zero attached hydrogens (tertiary/aromatic N) is 3. The molecule has 170 valence electrons. The molecule has 2 heterocycles. The maximum absolute atomic E-state index is 13.3. The molecule has 2 aliphatic rings. The van der Waals surface area contributed by atoms with Crippen molar-refractivity contribution in [3.63, 3.8) is 0 Å². The van der Waals surface area contributed by atoms with Gasteiger partial charge in [-0.25, -0.2) is 13.2 Å². The smallest absolute Gasteiger partial charge is 0.410 e. The molecule has 0 saturated carbocycles. The highest BCUT2D eigenvalue weighted by Crippen LogP contribution is 2.29. The van der Waals surface area contributed by atoms with Crippen molar-refractivity contribution in [3.05, 3.63) is 70.3 Å². The van der Waals surface area contributed by atoms with E-state index in [1.807, 2.05) is 30.3 Å². The Morgan fingerprint density at radius 2 is 1.84 bits per heavy atom. The number of amides is 1. The summed E-state index contributed by atoms with van der Waals surface area (Å²) in [6.07, 6.45) is -0.363. The van der Waals surface area contributed by atoms with E-state index in [2.05, 4.69) is 0 Å². The van der Waals surface area contributed by atoms with Gasteiger partial charge in [-0.1, -0.05) is 30.3 Å². The van der Waals surface area contributed by atoms with Crippen molar-refractivity contribution in [2.75, 3.05) is 26.2 Å². The monoisotopic (exact) mass is 461 g/mol. The number of nitro benzene ring substituents is 1. The number of non-ortho nitro benzene ring substituents is 1. The molecule has 0 radical (unpaired) electrons. The molecule has 0 spiro atoms. The highest BCUT2D eigenvalue weighted by molar-refractivity contribution is 7.89. The van der Waals surface area contributed by atoms with Crippen LogP contribution >= 0.6 is 0 Å². The Morgan fingerprint density at radius 1 is 1.12 bits per heavy atom. The van der Waals surface area contributed by atoms with E-state index in [9.17, 15) is 23.3 Å². The predicted molar refractivity (Wildman–Crippen MR) is 113 cm³/mol. The van der Waals surface area contributed by atoms with Crippen LogP contribution < -0.4 is 0 Å². The Kier molecular flexibility index (Phi) is 6.40. The molecule has 2 fully saturated rings. The van der Waals surface area contributed by atoms with Crippen molar-refractivity contribution < 1.29 is 27.6 Å². The molecule has 32 heavy (non-hydrogen) atoms. The van der Waals surface area contributed by atoms with Crippen molar-refractivity contribution >= 4 is 21.8 Å². The lowest BCUT2D eigenvalue weighted by Gasteiger charge is -2.45. The lowest BCUT2D eigenvalue weighted by atomic mass is 10.0. The molecule has 2 aromatic rings. The maximum Gasteiger partial charge on any atom is 0.410 e. The van der Waals surface area contributed by atoms with Crippen LogP contribution in [0.25, 0.3) is 0 Å². The normalized spacial score (nSPS) is 21.6. The fraction of sp³-hybridized carbons (Fsp3) is 0.381. The van der Waals surface area contributed by atoms with Crippen LogP contribution in [0.1, 0.15) is 12.0 Å². The van der Waals surface area contributed by atoms with E-state index in [1.54, 1.807) is 0 Å². The summed E-state index contributed by atoms with van der Waals surface area (Å²) in [7, 11) is -3.93. The first-order valence-electron chi connectivity index (χ1n) is 10.2. The largest absolute Gasteiger partial charge is 0.445 e. The molecule has 0 aliphatic carbocycles. The number of rotatable bonds is 5. The summed E-state index contributed by atoms with van der Waals surface area (Å²) >= 11 is 0. The number of morpholine rings is 1. The minimum absolute atomic E-state index is 0.0347. The van der Waals surface area contributed by atoms with E-state index in [0.717, 1.165) is 5.56 Å². The summed E-state index contributed by atoms with van der Waals surface area (Å²) in [5.41, 5.74) is 0.674. The van der Waals surface area contributed by atoms with Gasteiger partial charge in [-0.2, -0.15) is 4.31 Å². The Hall–Kier alpha value is -3.02. The van der Waals surface area contributed by atoms with Gasteiger partial charge < -0.3 is 14.4 Å². The first-order chi connectivity index (χ1) is 15.4. The minimum atomic E-state index is -3.93. The molecule has 4 rings (SSSR count). The predicted octanol–water partition coefficient (Wildman–Crippen LogP) is 2.40. The van der Waals surface area contributed by atoms with Crippen molar-refractivity contribution in [1.82, 2.24) is 9.21 Å². The van der Waals surface area contributed by atoms with E-state index in [0.29, 0.717) is 13.0 Å². The molecule has 0 bridgehead atoms. The topological polar surface area (TPSA) is 119 Å². The van der Waals surface area contributed by atoms with Gasteiger partial charge >= 0.3 is 6.09 Å². The number of hydrogen-bond donors (Lipinski definition) is 0. The van der Waals surface area contributed by atoms with E-state index in [1.165, 1.54) is 33.5 Å². The molecule has 2 aromatic carbocycles. The number of carbonyl (C=O) groups excluding carboxylic acids is 1. The van der Waals surface area contributed by atoms with Crippen molar-refractivity contribution in [1.29, 1.82) is 0 Å². The van der Waals surface area contributed by atoms with Crippen molar-refractivity contribution in [2.24, 2.45) is 0 Å². The SMILES string of the molecule is O=C(OCc1ccccc1)N1CC[C@H]2OCCN(S(=O)(=O)c3ccc([N+](=O)[O-])cc3)[C@H]2C1. The second-order valence-corrected chi connectivity index (χ2v) is 9.51. The van der Waals surface area contributed by atoms with E-state index in [4.69, 9.17) is 9.47 Å². The van der Waals surface area contributed by atoms with Gasteiger partial charge in [0.2, 0.25) is 10.0 Å². The Balaban J connectivity index is 1.48. The third kappa shape index (κ3) is 4.59. The fourth-order valence-corrected chi connectivity index (χ4v) is 5.62. The van der Waals surface area contributed by atoms with Gasteiger partial charge in [0, 0.05) is 31.8 Å². The molecule has 1 amide bonds. The molecule has 10 nitrogen and oxygen atoms in total. The van der Waals surface area contributed by atoms with Crippen LogP contribution in [0.15, 0.2) is 59.5 Å². The van der Waals surface area contributed by atoms with Crippen molar-refractivity contribution in [3.8, 4) is 0 Å². The molecular weight excluding hydrogens is 438 g/mol. The number of carbonyl (C=O) groups is 1. The Bertz CT molecular complexity index is 1080. The van der Waals surface area contributed by atoms with Crippen LogP contribution in [0.5, 0.6) is 0 Å². The van der Waals surface area contributed by atoms with Crippen molar-refractivity contribution in [2.45, 2.75) is 30.1 Å². The Morgan fingerprint density at radius 3 is 2.53 bits per heavy atom. The van der Waals surface area contributed by atoms with Crippen LogP contribution in [0.2, 0.25) is 0 Å². The van der Waals surface area contributed by atoms with Crippen LogP contribution in [-0.2, 0) is 26.1 Å². The molecule has 2 aliphatic heterocycles. The lowest BCUT2D eigenvalue weighted by Crippen LogP contribution is -2.62. The van der Waals surface area contributed by atoms with Gasteiger partial charge in [-0.3, -0.25) is 10.1 Å². The standard InChI is InChI=1S/C21H23N3O7S/c25-21(31-15-16-4-2-1-3-5-16)22-11-10-20-19(14-22)23(12-13-30-20)32(28,29)18-8-6-17(7-9-18)24(26)27/h1-9,19-20H,10-15H2/t19-,20+/m0/s1. The molecule has 11 heteroatoms. The van der Waals surface area contributed by atoms with E-state index < -0.39 is 27.1 Å². The summed E-state index contributed by atoms with van der Waals surface area (Å²) < 4.78 is 39.1. The summed E-state index contributed by atoms with van der Waals surface area (Å²) in [5.74, 6) is 0. The summed E-state index contributed by atoms with van der Waals surface area (Å²) in [6.45, 7) is 1.05. The number of benzene rings is 2. The molecular formula is C21H23N3O7S. The number of nitro groups is 1. The average Bonchev–Trinajstić information content (AvgIpc) is 2.82. The van der Waals surface area contributed by atoms with Gasteiger partial charge in [0.25, 0.3) is 5.69 Å². The first-order valence-corrected chi connectivity index (χ1v) is 11.6. The zero-order valence-corrected chi connectivity index (χ0v) is 18.0. The summed E-state index contributed by atoms with van der Waals surface area (Å²) in [6, 6.07) is 13.5. The van der Waals surface area contributed by atoms with Crippen LogP contribution in [0.4, 0.5) is 10.5 Å². The number of piperidine rings is 1. The molecule has 0 N–H and O–H groups in total. The third-order valence-corrected chi connectivity index (χ3v) is 7.59. The fourth-order valence-electron chi connectivity index (χ4n) is 3.99. The molecule has 0 aromatic heterocycles. The number of sulfonamides is 1. The van der Waals surface area contributed by atoms with E-state index >= 15 is 0 Å². The average molecular weight is 461 g/mol. The van der Waals surface area contributed by atoms with Crippen LogP contribution in [-0.4, -0.2) is 67.0 Å². The first kappa shape index (κ1) is 22.2. The van der Waals surface area contributed by atoms with Gasteiger partial charge in [-0.15, -0.1) is 0 Å². The quantitative estimate of drug-likeness (QED) is 0.495. The van der Waals surface area contributed by atoms with Gasteiger partial charge in [-0.05, 0) is 24.1 Å². The molecule has 2 saturated heterocycles. The highest BCUT2D eigenvalue weighted by Gasteiger charge is 2.44. The molecule has 2 atom stereocenters. The van der Waals surface area contributed by atoms with Crippen LogP contribution in [0.3, 0.4) is 0 Å². The van der Waals surface area contributed by atoms with Gasteiger partial charge in [0.15, 0.2) is 0 Å². The van der Waals surface area contributed by atoms with Crippen LogP contribution in [0, 0.1) is 10.1 Å². The number of ether oxygens (including phenoxy) is 2. The zero-order chi connectivity index (χ0) is 22.7. The minimum Gasteiger partial charge on any atom is -0.445 e. The zero-order valence-electron chi connectivity index (χ0n) is 17.2. The van der Waals surface area contributed by atoms with Gasteiger partial charge in [0.1, 0.15) is 6.61 Å². The maximum atomic E-state index is 13.3. The molecule has 0 unspecified atom stereocenters. The lowest BCUT2D eigenvalue weighted by molar-refractivity contribution is -0.384. The summed E-state index contributed by atoms with van der Waals surface area (Å²) in [4.78, 5) is 24.4. The second kappa shape index (κ2) is 9.23. The third-order valence-electron chi connectivity index (χ3n) is 5.65.